The molecule has 2 aromatic rings. The number of allylic oxidation sites excluding steroid dienone is 1. The van der Waals surface area contributed by atoms with Gasteiger partial charge in [0.2, 0.25) is 0 Å². The fraction of sp³-hybridized carbons (Fsp3) is 0.304. The van der Waals surface area contributed by atoms with Crippen LogP contribution in [-0.4, -0.2) is 29.5 Å². The van der Waals surface area contributed by atoms with Crippen LogP contribution in [-0.2, 0) is 5.41 Å². The Bertz CT molecular complexity index is 969. The van der Waals surface area contributed by atoms with E-state index in [-0.39, 0.29) is 22.3 Å². The summed E-state index contributed by atoms with van der Waals surface area (Å²) in [5.74, 6) is -0.486. The number of hydrogen-bond donors (Lipinski definition) is 2. The Balaban J connectivity index is 2.07. The SMILES string of the molecule is COc1ccc2c(c1)C(=CC(=O)c1ccc(C(=O)O)cc1)NC(C)(C)C2(C)C. The molecular weight excluding hydrogens is 354 g/mol. The number of fused-ring (bicyclic) bond motifs is 1. The van der Waals surface area contributed by atoms with E-state index in [4.69, 9.17) is 9.84 Å². The summed E-state index contributed by atoms with van der Waals surface area (Å²) in [6.45, 7) is 8.57. The van der Waals surface area contributed by atoms with Crippen LogP contribution in [0.1, 0.15) is 59.5 Å². The van der Waals surface area contributed by atoms with Crippen molar-refractivity contribution in [3.05, 3.63) is 70.8 Å². The number of aromatic carboxylic acids is 1. The van der Waals surface area contributed by atoms with E-state index >= 15 is 0 Å². The fourth-order valence-corrected chi connectivity index (χ4v) is 3.42. The first-order chi connectivity index (χ1) is 13.1. The van der Waals surface area contributed by atoms with Crippen LogP contribution < -0.4 is 10.1 Å². The lowest BCUT2D eigenvalue weighted by Gasteiger charge is -2.49. The molecule has 0 radical (unpaired) electrons. The minimum atomic E-state index is -1.02. The fourth-order valence-electron chi connectivity index (χ4n) is 3.42. The number of hydrogen-bond acceptors (Lipinski definition) is 4. The number of ether oxygens (including phenoxy) is 1. The predicted molar refractivity (Wildman–Crippen MR) is 109 cm³/mol. The van der Waals surface area contributed by atoms with Gasteiger partial charge in [0.25, 0.3) is 0 Å². The Hall–Kier alpha value is -3.08. The van der Waals surface area contributed by atoms with Crippen LogP contribution in [0.5, 0.6) is 5.75 Å². The lowest BCUT2D eigenvalue weighted by Crippen LogP contribution is -2.56. The van der Waals surface area contributed by atoms with Gasteiger partial charge >= 0.3 is 5.97 Å². The smallest absolute Gasteiger partial charge is 0.335 e. The van der Waals surface area contributed by atoms with E-state index in [9.17, 15) is 9.59 Å². The minimum Gasteiger partial charge on any atom is -0.497 e. The number of carboxylic acid groups (broad SMARTS) is 1. The van der Waals surface area contributed by atoms with Crippen molar-refractivity contribution in [2.24, 2.45) is 0 Å². The summed E-state index contributed by atoms with van der Waals surface area (Å²) < 4.78 is 5.38. The zero-order chi connectivity index (χ0) is 20.7. The van der Waals surface area contributed by atoms with Gasteiger partial charge in [-0.2, -0.15) is 0 Å². The quantitative estimate of drug-likeness (QED) is 0.613. The molecule has 5 nitrogen and oxygen atoms in total. The van der Waals surface area contributed by atoms with Crippen LogP contribution in [0.2, 0.25) is 0 Å². The monoisotopic (exact) mass is 379 g/mol. The number of ketones is 1. The molecule has 1 aliphatic heterocycles. The summed E-state index contributed by atoms with van der Waals surface area (Å²) in [7, 11) is 1.62. The topological polar surface area (TPSA) is 75.6 Å². The third-order valence-corrected chi connectivity index (χ3v) is 5.89. The number of methoxy groups -OCH3 is 1. The van der Waals surface area contributed by atoms with Crippen molar-refractivity contribution >= 4 is 17.4 Å². The number of carbonyl (C=O) groups is 2. The van der Waals surface area contributed by atoms with Crippen molar-refractivity contribution in [3.8, 4) is 5.75 Å². The molecule has 0 atom stereocenters. The Morgan fingerprint density at radius 1 is 1.00 bits per heavy atom. The van der Waals surface area contributed by atoms with Crippen molar-refractivity contribution in [2.75, 3.05) is 7.11 Å². The normalized spacial score (nSPS) is 18.1. The molecule has 0 bridgehead atoms. The molecule has 2 aromatic carbocycles. The Morgan fingerprint density at radius 2 is 1.61 bits per heavy atom. The van der Waals surface area contributed by atoms with Gasteiger partial charge in [-0.1, -0.05) is 32.0 Å². The largest absolute Gasteiger partial charge is 0.497 e. The van der Waals surface area contributed by atoms with E-state index in [0.717, 1.165) is 22.6 Å². The number of benzene rings is 2. The van der Waals surface area contributed by atoms with Gasteiger partial charge in [0.1, 0.15) is 5.75 Å². The Labute approximate surface area is 165 Å². The van der Waals surface area contributed by atoms with Crippen LogP contribution in [0.3, 0.4) is 0 Å². The van der Waals surface area contributed by atoms with Crippen molar-refractivity contribution in [1.82, 2.24) is 5.32 Å². The standard InChI is InChI=1S/C23H25NO4/c1-22(2)18-11-10-16(28-5)12-17(18)19(24-23(22,3)4)13-20(25)14-6-8-15(9-7-14)21(26)27/h6-13,24H,1-5H3,(H,26,27). The lowest BCUT2D eigenvalue weighted by molar-refractivity contribution is 0.0696. The van der Waals surface area contributed by atoms with Crippen LogP contribution >= 0.6 is 0 Å². The maximum Gasteiger partial charge on any atom is 0.335 e. The van der Waals surface area contributed by atoms with E-state index in [1.165, 1.54) is 24.3 Å². The van der Waals surface area contributed by atoms with Gasteiger partial charge in [-0.25, -0.2) is 4.79 Å². The average molecular weight is 379 g/mol. The Kier molecular flexibility index (Phi) is 4.79. The molecular formula is C23H25NO4. The Morgan fingerprint density at radius 3 is 2.18 bits per heavy atom. The predicted octanol–water partition coefficient (Wildman–Crippen LogP) is 4.28. The van der Waals surface area contributed by atoms with Gasteiger partial charge in [-0.3, -0.25) is 4.79 Å². The van der Waals surface area contributed by atoms with E-state index in [1.54, 1.807) is 13.2 Å². The molecule has 2 N–H and O–H groups in total. The second-order valence-corrected chi connectivity index (χ2v) is 8.09. The molecule has 0 spiro atoms. The molecule has 0 saturated heterocycles. The van der Waals surface area contributed by atoms with Crippen molar-refractivity contribution in [1.29, 1.82) is 0 Å². The molecule has 0 amide bonds. The third-order valence-electron chi connectivity index (χ3n) is 5.89. The maximum atomic E-state index is 12.8. The summed E-state index contributed by atoms with van der Waals surface area (Å²) in [6, 6.07) is 11.9. The van der Waals surface area contributed by atoms with E-state index in [1.807, 2.05) is 12.1 Å². The zero-order valence-electron chi connectivity index (χ0n) is 16.8. The number of rotatable bonds is 4. The molecule has 0 unspecified atom stereocenters. The lowest BCUT2D eigenvalue weighted by atomic mass is 9.65. The van der Waals surface area contributed by atoms with Gasteiger partial charge in [0.05, 0.1) is 12.7 Å². The van der Waals surface area contributed by atoms with E-state index < -0.39 is 5.97 Å². The van der Waals surface area contributed by atoms with Crippen LogP contribution in [0.4, 0.5) is 0 Å². The second kappa shape index (κ2) is 6.82. The summed E-state index contributed by atoms with van der Waals surface area (Å²) >= 11 is 0. The van der Waals surface area contributed by atoms with Crippen molar-refractivity contribution in [2.45, 2.75) is 38.6 Å². The molecule has 0 fully saturated rings. The highest BCUT2D eigenvalue weighted by molar-refractivity contribution is 6.09. The number of nitrogens with one attached hydrogen (secondary N) is 1. The molecule has 0 aliphatic carbocycles. The van der Waals surface area contributed by atoms with Crippen molar-refractivity contribution < 1.29 is 19.4 Å². The molecule has 146 valence electrons. The second-order valence-electron chi connectivity index (χ2n) is 8.09. The first-order valence-electron chi connectivity index (χ1n) is 9.13. The molecule has 1 heterocycles. The van der Waals surface area contributed by atoms with Gasteiger partial charge in [0, 0.05) is 33.9 Å². The maximum absolute atomic E-state index is 12.8. The van der Waals surface area contributed by atoms with Crippen LogP contribution in [0.25, 0.3) is 5.70 Å². The van der Waals surface area contributed by atoms with Crippen LogP contribution in [0.15, 0.2) is 48.5 Å². The summed E-state index contributed by atoms with van der Waals surface area (Å²) in [5.41, 5.74) is 2.93. The number of carboxylic acids is 1. The highest BCUT2D eigenvalue weighted by atomic mass is 16.5. The third kappa shape index (κ3) is 3.28. The highest BCUT2D eigenvalue weighted by Gasteiger charge is 2.44. The van der Waals surface area contributed by atoms with Gasteiger partial charge < -0.3 is 15.2 Å². The average Bonchev–Trinajstić information content (AvgIpc) is 2.65. The molecule has 0 saturated carbocycles. The number of carbonyl (C=O) groups excluding carboxylic acids is 1. The molecule has 0 aromatic heterocycles. The first kappa shape index (κ1) is 19.7. The molecule has 1 aliphatic rings. The van der Waals surface area contributed by atoms with Gasteiger partial charge in [0.15, 0.2) is 5.78 Å². The summed E-state index contributed by atoms with van der Waals surface area (Å²) in [6.07, 6.45) is 1.57. The summed E-state index contributed by atoms with van der Waals surface area (Å²) in [5, 5.41) is 12.5. The zero-order valence-corrected chi connectivity index (χ0v) is 16.8. The molecule has 3 rings (SSSR count). The highest BCUT2D eigenvalue weighted by Crippen LogP contribution is 2.44. The first-order valence-corrected chi connectivity index (χ1v) is 9.13. The minimum absolute atomic E-state index is 0.151. The summed E-state index contributed by atoms with van der Waals surface area (Å²) in [4.78, 5) is 23.8. The van der Waals surface area contributed by atoms with Crippen molar-refractivity contribution in [3.63, 3.8) is 0 Å². The molecule has 5 heteroatoms. The van der Waals surface area contributed by atoms with E-state index in [2.05, 4.69) is 39.1 Å². The van der Waals surface area contributed by atoms with Gasteiger partial charge in [-0.05, 0) is 43.7 Å². The van der Waals surface area contributed by atoms with E-state index in [0.29, 0.717) is 5.56 Å². The van der Waals surface area contributed by atoms with Gasteiger partial charge in [-0.15, -0.1) is 0 Å². The van der Waals surface area contributed by atoms with Crippen LogP contribution in [0, 0.1) is 0 Å². The molecule has 28 heavy (non-hydrogen) atoms.